The van der Waals surface area contributed by atoms with Crippen LogP contribution in [0.25, 0.3) is 11.3 Å². The van der Waals surface area contributed by atoms with Gasteiger partial charge in [0.1, 0.15) is 5.82 Å². The highest BCUT2D eigenvalue weighted by atomic mass is 35.5. The number of aldehydes is 1. The second-order valence-electron chi connectivity index (χ2n) is 3.45. The molecule has 0 aliphatic rings. The van der Waals surface area contributed by atoms with Crippen molar-refractivity contribution in [2.45, 2.75) is 0 Å². The van der Waals surface area contributed by atoms with Crippen LogP contribution in [0.2, 0.25) is 10.0 Å². The molecule has 0 saturated carbocycles. The van der Waals surface area contributed by atoms with E-state index in [-0.39, 0.29) is 0 Å². The van der Waals surface area contributed by atoms with Gasteiger partial charge in [-0.25, -0.2) is 4.98 Å². The fourth-order valence-electron chi connectivity index (χ4n) is 1.50. The molecular formula is C12H8Cl2N2O. The van der Waals surface area contributed by atoms with E-state index in [9.17, 15) is 4.79 Å². The molecule has 1 aromatic heterocycles. The first-order valence-corrected chi connectivity index (χ1v) is 5.54. The maximum absolute atomic E-state index is 10.9. The van der Waals surface area contributed by atoms with Crippen LogP contribution >= 0.6 is 23.2 Å². The number of halogens is 2. The number of anilines is 1. The summed E-state index contributed by atoms with van der Waals surface area (Å²) in [5.41, 5.74) is 7.18. The van der Waals surface area contributed by atoms with Crippen LogP contribution < -0.4 is 5.73 Å². The van der Waals surface area contributed by atoms with E-state index < -0.39 is 0 Å². The van der Waals surface area contributed by atoms with Gasteiger partial charge in [-0.15, -0.1) is 0 Å². The van der Waals surface area contributed by atoms with E-state index in [0.29, 0.717) is 32.7 Å². The Balaban J connectivity index is 2.66. The third kappa shape index (κ3) is 2.57. The van der Waals surface area contributed by atoms with E-state index >= 15 is 0 Å². The molecule has 1 aromatic carbocycles. The number of nitrogens with two attached hydrogens (primary N) is 1. The van der Waals surface area contributed by atoms with Gasteiger partial charge in [-0.3, -0.25) is 4.79 Å². The average molecular weight is 267 g/mol. The van der Waals surface area contributed by atoms with E-state index in [1.54, 1.807) is 30.3 Å². The van der Waals surface area contributed by atoms with Gasteiger partial charge in [-0.2, -0.15) is 0 Å². The van der Waals surface area contributed by atoms with Crippen molar-refractivity contribution in [1.82, 2.24) is 4.98 Å². The number of hydrogen-bond donors (Lipinski definition) is 1. The predicted octanol–water partition coefficient (Wildman–Crippen LogP) is 3.45. The van der Waals surface area contributed by atoms with Crippen LogP contribution in [0.1, 0.15) is 10.4 Å². The van der Waals surface area contributed by atoms with Crippen molar-refractivity contribution < 1.29 is 4.79 Å². The number of hydrogen-bond acceptors (Lipinski definition) is 3. The molecule has 0 spiro atoms. The molecule has 17 heavy (non-hydrogen) atoms. The van der Waals surface area contributed by atoms with Crippen LogP contribution in [0.3, 0.4) is 0 Å². The van der Waals surface area contributed by atoms with Crippen molar-refractivity contribution in [3.05, 3.63) is 45.9 Å². The largest absolute Gasteiger partial charge is 0.384 e. The summed E-state index contributed by atoms with van der Waals surface area (Å²) < 4.78 is 0. The van der Waals surface area contributed by atoms with Crippen LogP contribution in [0.4, 0.5) is 5.82 Å². The molecule has 0 saturated heterocycles. The molecule has 2 aromatic rings. The van der Waals surface area contributed by atoms with Gasteiger partial charge in [-0.1, -0.05) is 23.2 Å². The van der Waals surface area contributed by atoms with Crippen LogP contribution in [-0.4, -0.2) is 11.3 Å². The van der Waals surface area contributed by atoms with Crippen LogP contribution in [-0.2, 0) is 0 Å². The Morgan fingerprint density at radius 2 is 1.76 bits per heavy atom. The van der Waals surface area contributed by atoms with Gasteiger partial charge >= 0.3 is 0 Å². The molecule has 0 aliphatic carbocycles. The number of carbonyl (C=O) groups excluding carboxylic acids is 1. The Kier molecular flexibility index (Phi) is 3.31. The summed E-state index contributed by atoms with van der Waals surface area (Å²) in [6.07, 6.45) is 0.719. The topological polar surface area (TPSA) is 56.0 Å². The number of nitrogens with zero attached hydrogens (tertiary/aromatic N) is 1. The van der Waals surface area contributed by atoms with E-state index in [2.05, 4.69) is 4.98 Å². The summed E-state index contributed by atoms with van der Waals surface area (Å²) in [5.74, 6) is 0.335. The Morgan fingerprint density at radius 3 is 2.35 bits per heavy atom. The monoisotopic (exact) mass is 266 g/mol. The van der Waals surface area contributed by atoms with Crippen LogP contribution in [0.5, 0.6) is 0 Å². The highest BCUT2D eigenvalue weighted by Gasteiger charge is 2.08. The van der Waals surface area contributed by atoms with Crippen molar-refractivity contribution in [2.24, 2.45) is 0 Å². The Labute approximate surface area is 108 Å². The Bertz CT molecular complexity index is 564. The standard InChI is InChI=1S/C12H8Cl2N2O/c13-9-3-8(4-10(14)5-9)12-7(6-17)1-2-11(15)16-12/h1-6H,(H2,15,16). The first-order chi connectivity index (χ1) is 8.10. The van der Waals surface area contributed by atoms with Gasteiger partial charge in [0.25, 0.3) is 0 Å². The molecule has 2 N–H and O–H groups in total. The number of benzene rings is 1. The molecule has 0 aliphatic heterocycles. The van der Waals surface area contributed by atoms with Gasteiger partial charge in [0.15, 0.2) is 6.29 Å². The van der Waals surface area contributed by atoms with Gasteiger partial charge in [0.05, 0.1) is 5.69 Å². The number of pyridine rings is 1. The lowest BCUT2D eigenvalue weighted by Gasteiger charge is -2.06. The van der Waals surface area contributed by atoms with Crippen molar-refractivity contribution in [3.63, 3.8) is 0 Å². The van der Waals surface area contributed by atoms with Gasteiger partial charge < -0.3 is 5.73 Å². The average Bonchev–Trinajstić information content (AvgIpc) is 2.27. The molecule has 1 heterocycles. The number of aromatic nitrogens is 1. The second-order valence-corrected chi connectivity index (χ2v) is 4.32. The zero-order valence-corrected chi connectivity index (χ0v) is 10.2. The molecule has 0 fully saturated rings. The van der Waals surface area contributed by atoms with E-state index in [1.807, 2.05) is 0 Å². The SMILES string of the molecule is Nc1ccc(C=O)c(-c2cc(Cl)cc(Cl)c2)n1. The van der Waals surface area contributed by atoms with Crippen molar-refractivity contribution >= 4 is 35.3 Å². The van der Waals surface area contributed by atoms with Crippen molar-refractivity contribution in [1.29, 1.82) is 0 Å². The Morgan fingerprint density at radius 1 is 1.12 bits per heavy atom. The summed E-state index contributed by atoms with van der Waals surface area (Å²) >= 11 is 11.8. The summed E-state index contributed by atoms with van der Waals surface area (Å²) in [6, 6.07) is 8.16. The van der Waals surface area contributed by atoms with Crippen LogP contribution in [0, 0.1) is 0 Å². The van der Waals surface area contributed by atoms with Crippen molar-refractivity contribution in [3.8, 4) is 11.3 Å². The quantitative estimate of drug-likeness (QED) is 0.848. The molecule has 3 nitrogen and oxygen atoms in total. The lowest BCUT2D eigenvalue weighted by Crippen LogP contribution is -1.96. The van der Waals surface area contributed by atoms with Crippen molar-refractivity contribution in [2.75, 3.05) is 5.73 Å². The maximum atomic E-state index is 10.9. The zero-order valence-electron chi connectivity index (χ0n) is 8.65. The Hall–Kier alpha value is -1.58. The smallest absolute Gasteiger partial charge is 0.152 e. The summed E-state index contributed by atoms with van der Waals surface area (Å²) in [4.78, 5) is 15.1. The normalized spacial score (nSPS) is 10.2. The highest BCUT2D eigenvalue weighted by molar-refractivity contribution is 6.35. The highest BCUT2D eigenvalue weighted by Crippen LogP contribution is 2.28. The van der Waals surface area contributed by atoms with E-state index in [0.717, 1.165) is 6.29 Å². The second kappa shape index (κ2) is 4.73. The fourth-order valence-corrected chi connectivity index (χ4v) is 2.03. The predicted molar refractivity (Wildman–Crippen MR) is 69.5 cm³/mol. The first kappa shape index (κ1) is 11.9. The third-order valence-corrected chi connectivity index (χ3v) is 2.65. The zero-order chi connectivity index (χ0) is 12.4. The molecule has 0 radical (unpaired) electrons. The molecule has 0 unspecified atom stereocenters. The lowest BCUT2D eigenvalue weighted by molar-refractivity contribution is 0.112. The number of carbonyl (C=O) groups is 1. The lowest BCUT2D eigenvalue weighted by atomic mass is 10.1. The molecule has 0 amide bonds. The summed E-state index contributed by atoms with van der Waals surface area (Å²) in [7, 11) is 0. The van der Waals surface area contributed by atoms with Gasteiger partial charge in [0.2, 0.25) is 0 Å². The molecule has 86 valence electrons. The fraction of sp³-hybridized carbons (Fsp3) is 0. The minimum Gasteiger partial charge on any atom is -0.384 e. The number of nitrogen functional groups attached to an aromatic ring is 1. The molecule has 2 rings (SSSR count). The third-order valence-electron chi connectivity index (χ3n) is 2.21. The van der Waals surface area contributed by atoms with E-state index in [4.69, 9.17) is 28.9 Å². The first-order valence-electron chi connectivity index (χ1n) is 4.78. The minimum atomic E-state index is 0.335. The summed E-state index contributed by atoms with van der Waals surface area (Å²) in [6.45, 7) is 0. The molecule has 5 heteroatoms. The minimum absolute atomic E-state index is 0.335. The van der Waals surface area contributed by atoms with Gasteiger partial charge in [-0.05, 0) is 30.3 Å². The summed E-state index contributed by atoms with van der Waals surface area (Å²) in [5, 5.41) is 0.960. The molecular weight excluding hydrogens is 259 g/mol. The maximum Gasteiger partial charge on any atom is 0.152 e. The van der Waals surface area contributed by atoms with E-state index in [1.165, 1.54) is 0 Å². The number of rotatable bonds is 2. The van der Waals surface area contributed by atoms with Crippen LogP contribution in [0.15, 0.2) is 30.3 Å². The molecule has 0 atom stereocenters. The van der Waals surface area contributed by atoms with Gasteiger partial charge in [0, 0.05) is 21.2 Å². The molecule has 0 bridgehead atoms.